The quantitative estimate of drug-likeness (QED) is 0.903. The molecule has 0 spiro atoms. The van der Waals surface area contributed by atoms with Crippen LogP contribution in [0.2, 0.25) is 0 Å². The number of alkyl halides is 3. The van der Waals surface area contributed by atoms with E-state index in [1.54, 1.807) is 0 Å². The molecule has 6 nitrogen and oxygen atoms in total. The van der Waals surface area contributed by atoms with Crippen LogP contribution in [-0.2, 0) is 13.2 Å². The largest absolute Gasteiger partial charge is 0.478 e. The Bertz CT molecular complexity index is 751. The number of H-pyrrole nitrogens is 1. The first-order valence-electron chi connectivity index (χ1n) is 5.44. The van der Waals surface area contributed by atoms with E-state index in [0.717, 1.165) is 10.6 Å². The molecule has 21 heavy (non-hydrogen) atoms. The molecule has 2 aromatic rings. The maximum Gasteiger partial charge on any atom is 0.416 e. The first-order chi connectivity index (χ1) is 9.70. The molecule has 1 aromatic carbocycles. The monoisotopic (exact) mass is 319 g/mol. The zero-order valence-corrected chi connectivity index (χ0v) is 11.2. The molecule has 0 bridgehead atoms. The topological polar surface area (TPSA) is 88.0 Å². The number of hydrogen-bond donors (Lipinski definition) is 2. The molecule has 0 aliphatic heterocycles. The van der Waals surface area contributed by atoms with Gasteiger partial charge < -0.3 is 5.11 Å². The van der Waals surface area contributed by atoms with Crippen LogP contribution in [0.4, 0.5) is 13.2 Å². The van der Waals surface area contributed by atoms with Gasteiger partial charge in [-0.15, -0.1) is 5.10 Å². The van der Waals surface area contributed by atoms with Crippen LogP contribution in [0.3, 0.4) is 0 Å². The van der Waals surface area contributed by atoms with E-state index < -0.39 is 23.4 Å². The van der Waals surface area contributed by atoms with E-state index in [1.165, 1.54) is 7.05 Å². The third-order valence-corrected chi connectivity index (χ3v) is 3.68. The third kappa shape index (κ3) is 3.10. The molecule has 0 unspecified atom stereocenters. The molecule has 1 aromatic heterocycles. The van der Waals surface area contributed by atoms with Gasteiger partial charge in [0, 0.05) is 11.9 Å². The zero-order valence-electron chi connectivity index (χ0n) is 10.4. The Morgan fingerprint density at radius 1 is 1.43 bits per heavy atom. The summed E-state index contributed by atoms with van der Waals surface area (Å²) in [6, 6.07) is 2.28. The molecule has 10 heteroatoms. The van der Waals surface area contributed by atoms with E-state index in [-0.39, 0.29) is 15.6 Å². The van der Waals surface area contributed by atoms with Gasteiger partial charge in [0.1, 0.15) is 0 Å². The number of nitrogens with zero attached hydrogens (tertiary/aromatic N) is 2. The van der Waals surface area contributed by atoms with Gasteiger partial charge in [0.2, 0.25) is 0 Å². The van der Waals surface area contributed by atoms with E-state index >= 15 is 0 Å². The number of aromatic nitrogens is 3. The number of carbonyl (C=O) groups is 1. The first-order valence-corrected chi connectivity index (χ1v) is 6.25. The average molecular weight is 319 g/mol. The molecule has 2 N–H and O–H groups in total. The lowest BCUT2D eigenvalue weighted by atomic mass is 10.1. The minimum absolute atomic E-state index is 0.0572. The Kier molecular flexibility index (Phi) is 3.81. The lowest BCUT2D eigenvalue weighted by Gasteiger charge is -2.10. The van der Waals surface area contributed by atoms with Crippen molar-refractivity contribution in [2.75, 3.05) is 0 Å². The Balaban J connectivity index is 2.51. The van der Waals surface area contributed by atoms with Gasteiger partial charge in [-0.2, -0.15) is 13.2 Å². The molecule has 2 rings (SSSR count). The number of aromatic carboxylic acids is 1. The lowest BCUT2D eigenvalue weighted by Crippen LogP contribution is -2.13. The summed E-state index contributed by atoms with van der Waals surface area (Å²) in [5, 5.41) is 14.8. The van der Waals surface area contributed by atoms with Crippen molar-refractivity contribution < 1.29 is 23.1 Å². The fourth-order valence-electron chi connectivity index (χ4n) is 1.48. The minimum atomic E-state index is -4.59. The van der Waals surface area contributed by atoms with Gasteiger partial charge in [-0.3, -0.25) is 4.57 Å². The molecule has 0 radical (unpaired) electrons. The number of nitrogens with one attached hydrogen (secondary N) is 1. The average Bonchev–Trinajstić information content (AvgIpc) is 2.69. The van der Waals surface area contributed by atoms with Gasteiger partial charge in [0.05, 0.1) is 11.1 Å². The molecular weight excluding hydrogens is 311 g/mol. The molecule has 0 atom stereocenters. The molecule has 0 aliphatic rings. The van der Waals surface area contributed by atoms with E-state index in [9.17, 15) is 22.8 Å². The van der Waals surface area contributed by atoms with Gasteiger partial charge in [-0.05, 0) is 30.0 Å². The number of hydrogen-bond acceptors (Lipinski definition) is 4. The van der Waals surface area contributed by atoms with Gasteiger partial charge >= 0.3 is 17.8 Å². The highest BCUT2D eigenvalue weighted by atomic mass is 32.2. The van der Waals surface area contributed by atoms with Gasteiger partial charge in [-0.25, -0.2) is 14.7 Å². The van der Waals surface area contributed by atoms with E-state index in [1.807, 2.05) is 0 Å². The van der Waals surface area contributed by atoms with Crippen molar-refractivity contribution in [1.82, 2.24) is 14.8 Å². The maximum atomic E-state index is 12.7. The summed E-state index contributed by atoms with van der Waals surface area (Å²) in [7, 11) is 1.36. The van der Waals surface area contributed by atoms with E-state index in [4.69, 9.17) is 5.11 Å². The van der Waals surface area contributed by atoms with Gasteiger partial charge in [-0.1, -0.05) is 0 Å². The van der Waals surface area contributed by atoms with Crippen LogP contribution in [0.25, 0.3) is 0 Å². The second kappa shape index (κ2) is 5.28. The standard InChI is InChI=1S/C11H8F3N3O3S/c1-17-9(20)15-16-10(17)21-7-4-5(11(12,13)14)2-3-6(7)8(18)19/h2-4H,1H3,(H,15,20)(H,18,19). The highest BCUT2D eigenvalue weighted by Gasteiger charge is 2.31. The smallest absolute Gasteiger partial charge is 0.416 e. The van der Waals surface area contributed by atoms with Crippen molar-refractivity contribution in [3.05, 3.63) is 39.8 Å². The fourth-order valence-corrected chi connectivity index (χ4v) is 2.44. The van der Waals surface area contributed by atoms with Gasteiger partial charge in [0.25, 0.3) is 0 Å². The van der Waals surface area contributed by atoms with Crippen molar-refractivity contribution in [3.8, 4) is 0 Å². The Hall–Kier alpha value is -2.23. The van der Waals surface area contributed by atoms with Crippen LogP contribution >= 0.6 is 11.8 Å². The fraction of sp³-hybridized carbons (Fsp3) is 0.182. The van der Waals surface area contributed by atoms with Crippen molar-refractivity contribution in [3.63, 3.8) is 0 Å². The summed E-state index contributed by atoms with van der Waals surface area (Å²) in [6.07, 6.45) is -4.59. The van der Waals surface area contributed by atoms with Crippen molar-refractivity contribution in [2.45, 2.75) is 16.2 Å². The second-order valence-corrected chi connectivity index (χ2v) is 5.00. The number of carboxylic acid groups (broad SMARTS) is 1. The number of carboxylic acids is 1. The van der Waals surface area contributed by atoms with Gasteiger partial charge in [0.15, 0.2) is 5.16 Å². The molecule has 0 saturated carbocycles. The predicted molar refractivity (Wildman–Crippen MR) is 66.4 cm³/mol. The Labute approximate surface area is 119 Å². The van der Waals surface area contributed by atoms with Crippen LogP contribution < -0.4 is 5.69 Å². The predicted octanol–water partition coefficient (Wildman–Crippen LogP) is 1.98. The summed E-state index contributed by atoms with van der Waals surface area (Å²) in [6.45, 7) is 0. The summed E-state index contributed by atoms with van der Waals surface area (Å²) >= 11 is 0.660. The van der Waals surface area contributed by atoms with Crippen LogP contribution in [0.15, 0.2) is 33.0 Å². The molecule has 0 fully saturated rings. The summed E-state index contributed by atoms with van der Waals surface area (Å²) in [5.74, 6) is -1.37. The van der Waals surface area contributed by atoms with Crippen molar-refractivity contribution >= 4 is 17.7 Å². The summed E-state index contributed by atoms with van der Waals surface area (Å²) in [4.78, 5) is 22.1. The number of benzene rings is 1. The summed E-state index contributed by atoms with van der Waals surface area (Å²) < 4.78 is 39.1. The maximum absolute atomic E-state index is 12.7. The van der Waals surface area contributed by atoms with Crippen LogP contribution in [0.5, 0.6) is 0 Å². The lowest BCUT2D eigenvalue weighted by molar-refractivity contribution is -0.137. The molecule has 0 saturated heterocycles. The Morgan fingerprint density at radius 3 is 2.57 bits per heavy atom. The number of rotatable bonds is 3. The van der Waals surface area contributed by atoms with Crippen molar-refractivity contribution in [2.24, 2.45) is 7.05 Å². The molecule has 0 aliphatic carbocycles. The Morgan fingerprint density at radius 2 is 2.10 bits per heavy atom. The minimum Gasteiger partial charge on any atom is -0.478 e. The van der Waals surface area contributed by atoms with Crippen LogP contribution in [-0.4, -0.2) is 25.8 Å². The van der Waals surface area contributed by atoms with Crippen LogP contribution in [0, 0.1) is 0 Å². The molecule has 0 amide bonds. The van der Waals surface area contributed by atoms with E-state index in [2.05, 4.69) is 10.2 Å². The number of aromatic amines is 1. The van der Waals surface area contributed by atoms with Crippen LogP contribution in [0.1, 0.15) is 15.9 Å². The van der Waals surface area contributed by atoms with Crippen molar-refractivity contribution in [1.29, 1.82) is 0 Å². The molecule has 112 valence electrons. The zero-order chi connectivity index (χ0) is 15.8. The summed E-state index contributed by atoms with van der Waals surface area (Å²) in [5.41, 5.74) is -1.83. The highest BCUT2D eigenvalue weighted by Crippen LogP contribution is 2.35. The highest BCUT2D eigenvalue weighted by molar-refractivity contribution is 7.99. The first kappa shape index (κ1) is 15.2. The molecular formula is C11H8F3N3O3S. The number of halogens is 3. The SMILES string of the molecule is Cn1c(Sc2cc(C(F)(F)F)ccc2C(=O)O)n[nH]c1=O. The third-order valence-electron chi connectivity index (χ3n) is 2.58. The second-order valence-electron chi connectivity index (χ2n) is 3.99. The van der Waals surface area contributed by atoms with E-state index in [0.29, 0.717) is 23.9 Å². The molecule has 1 heterocycles. The normalized spacial score (nSPS) is 11.6.